The Kier molecular flexibility index (Phi) is 5.12. The second-order valence-electron chi connectivity index (χ2n) is 5.57. The summed E-state index contributed by atoms with van der Waals surface area (Å²) in [7, 11) is -3.46. The zero-order chi connectivity index (χ0) is 14.6. The quantitative estimate of drug-likeness (QED) is 0.894. The molecular weight excluding hydrogens is 274 g/mol. The van der Waals surface area contributed by atoms with E-state index in [9.17, 15) is 8.42 Å². The lowest BCUT2D eigenvalue weighted by molar-refractivity contribution is 0.264. The first kappa shape index (κ1) is 15.4. The number of pyridine rings is 1. The number of hydrogen-bond acceptors (Lipinski definition) is 4. The van der Waals surface area contributed by atoms with Gasteiger partial charge in [0.05, 0.1) is 0 Å². The minimum Gasteiger partial charge on any atom is -0.316 e. The standard InChI is InChI=1S/C14H23N3O2S/c1-12(2)17(11-13-5-3-7-15-9-13)20(18,19)14-6-4-8-16-10-14/h4,6,8,10,12-13,15H,3,5,7,9,11H2,1-2H3. The third-order valence-corrected chi connectivity index (χ3v) is 5.68. The van der Waals surface area contributed by atoms with Crippen LogP contribution < -0.4 is 5.32 Å². The van der Waals surface area contributed by atoms with Gasteiger partial charge in [0, 0.05) is 25.0 Å². The van der Waals surface area contributed by atoms with Crippen LogP contribution in [-0.4, -0.2) is 43.4 Å². The van der Waals surface area contributed by atoms with Crippen LogP contribution in [0.1, 0.15) is 26.7 Å². The van der Waals surface area contributed by atoms with Crippen molar-refractivity contribution in [1.82, 2.24) is 14.6 Å². The molecule has 1 aliphatic heterocycles. The largest absolute Gasteiger partial charge is 0.316 e. The molecule has 1 aliphatic rings. The van der Waals surface area contributed by atoms with Crippen molar-refractivity contribution in [1.29, 1.82) is 0 Å². The Morgan fingerprint density at radius 3 is 2.85 bits per heavy atom. The molecule has 0 spiro atoms. The van der Waals surface area contributed by atoms with Gasteiger partial charge in [-0.2, -0.15) is 4.31 Å². The first-order valence-electron chi connectivity index (χ1n) is 7.14. The monoisotopic (exact) mass is 297 g/mol. The summed E-state index contributed by atoms with van der Waals surface area (Å²) in [6, 6.07) is 3.21. The summed E-state index contributed by atoms with van der Waals surface area (Å²) in [6.07, 6.45) is 5.20. The first-order valence-corrected chi connectivity index (χ1v) is 8.58. The highest BCUT2D eigenvalue weighted by Crippen LogP contribution is 2.21. The lowest BCUT2D eigenvalue weighted by Crippen LogP contribution is -2.44. The average Bonchev–Trinajstić information content (AvgIpc) is 2.46. The molecule has 0 aliphatic carbocycles. The van der Waals surface area contributed by atoms with Crippen LogP contribution >= 0.6 is 0 Å². The summed E-state index contributed by atoms with van der Waals surface area (Å²) in [5.41, 5.74) is 0. The van der Waals surface area contributed by atoms with Gasteiger partial charge in [-0.25, -0.2) is 8.42 Å². The highest BCUT2D eigenvalue weighted by Gasteiger charge is 2.30. The molecule has 2 rings (SSSR count). The zero-order valence-electron chi connectivity index (χ0n) is 12.1. The van der Waals surface area contributed by atoms with Gasteiger partial charge in [-0.15, -0.1) is 0 Å². The fraction of sp³-hybridized carbons (Fsp3) is 0.643. The molecule has 0 saturated carbocycles. The minimum atomic E-state index is -3.46. The summed E-state index contributed by atoms with van der Waals surface area (Å²) in [6.45, 7) is 6.34. The van der Waals surface area contributed by atoms with Gasteiger partial charge in [0.2, 0.25) is 10.0 Å². The molecule has 1 aromatic heterocycles. The van der Waals surface area contributed by atoms with E-state index in [1.165, 1.54) is 6.20 Å². The highest BCUT2D eigenvalue weighted by molar-refractivity contribution is 7.89. The Morgan fingerprint density at radius 2 is 2.30 bits per heavy atom. The molecule has 5 nitrogen and oxygen atoms in total. The van der Waals surface area contributed by atoms with E-state index in [2.05, 4.69) is 10.3 Å². The van der Waals surface area contributed by atoms with E-state index in [4.69, 9.17) is 0 Å². The minimum absolute atomic E-state index is 0.0536. The van der Waals surface area contributed by atoms with Crippen molar-refractivity contribution in [2.24, 2.45) is 5.92 Å². The fourth-order valence-corrected chi connectivity index (χ4v) is 4.23. The molecule has 1 fully saturated rings. The SMILES string of the molecule is CC(C)N(CC1CCCNC1)S(=O)(=O)c1cccnc1. The lowest BCUT2D eigenvalue weighted by atomic mass is 9.99. The van der Waals surface area contributed by atoms with Crippen molar-refractivity contribution in [3.63, 3.8) is 0 Å². The van der Waals surface area contributed by atoms with Crippen molar-refractivity contribution in [2.75, 3.05) is 19.6 Å². The maximum atomic E-state index is 12.7. The summed E-state index contributed by atoms with van der Waals surface area (Å²) in [5.74, 6) is 0.387. The van der Waals surface area contributed by atoms with Crippen LogP contribution in [0.2, 0.25) is 0 Å². The number of aromatic nitrogens is 1. The maximum Gasteiger partial charge on any atom is 0.244 e. The Morgan fingerprint density at radius 1 is 1.50 bits per heavy atom. The predicted octanol–water partition coefficient (Wildman–Crippen LogP) is 1.48. The van der Waals surface area contributed by atoms with Crippen LogP contribution in [0, 0.1) is 5.92 Å². The number of piperidine rings is 1. The molecule has 1 unspecified atom stereocenters. The van der Waals surface area contributed by atoms with Crippen LogP contribution in [0.3, 0.4) is 0 Å². The molecule has 112 valence electrons. The molecule has 6 heteroatoms. The van der Waals surface area contributed by atoms with Crippen molar-refractivity contribution < 1.29 is 8.42 Å². The van der Waals surface area contributed by atoms with E-state index in [0.29, 0.717) is 12.5 Å². The zero-order valence-corrected chi connectivity index (χ0v) is 12.9. The number of sulfonamides is 1. The number of nitrogens with one attached hydrogen (secondary N) is 1. The molecule has 1 aromatic rings. The van der Waals surface area contributed by atoms with E-state index in [-0.39, 0.29) is 10.9 Å². The van der Waals surface area contributed by atoms with E-state index in [0.717, 1.165) is 25.9 Å². The second-order valence-corrected chi connectivity index (χ2v) is 7.46. The molecule has 0 aromatic carbocycles. The van der Waals surface area contributed by atoms with Crippen molar-refractivity contribution >= 4 is 10.0 Å². The van der Waals surface area contributed by atoms with Gasteiger partial charge in [0.25, 0.3) is 0 Å². The lowest BCUT2D eigenvalue weighted by Gasteiger charge is -2.31. The third-order valence-electron chi connectivity index (χ3n) is 3.65. The molecule has 0 radical (unpaired) electrons. The average molecular weight is 297 g/mol. The van der Waals surface area contributed by atoms with Crippen LogP contribution in [0.5, 0.6) is 0 Å². The number of nitrogens with zero attached hydrogens (tertiary/aromatic N) is 2. The Balaban J connectivity index is 2.19. The van der Waals surface area contributed by atoms with Gasteiger partial charge in [0.15, 0.2) is 0 Å². The Hall–Kier alpha value is -0.980. The number of hydrogen-bond donors (Lipinski definition) is 1. The molecule has 0 amide bonds. The smallest absolute Gasteiger partial charge is 0.244 e. The van der Waals surface area contributed by atoms with Crippen LogP contribution in [0.25, 0.3) is 0 Å². The van der Waals surface area contributed by atoms with E-state index in [1.807, 2.05) is 13.8 Å². The normalized spacial score (nSPS) is 20.5. The summed E-state index contributed by atoms with van der Waals surface area (Å²) >= 11 is 0. The van der Waals surface area contributed by atoms with E-state index >= 15 is 0 Å². The fourth-order valence-electron chi connectivity index (χ4n) is 2.56. The predicted molar refractivity (Wildman–Crippen MR) is 78.9 cm³/mol. The first-order chi connectivity index (χ1) is 9.51. The van der Waals surface area contributed by atoms with Crippen molar-refractivity contribution in [3.8, 4) is 0 Å². The van der Waals surface area contributed by atoms with Gasteiger partial charge in [0.1, 0.15) is 4.90 Å². The molecule has 1 N–H and O–H groups in total. The number of rotatable bonds is 5. The van der Waals surface area contributed by atoms with Crippen LogP contribution in [0.4, 0.5) is 0 Å². The summed E-state index contributed by atoms with van der Waals surface area (Å²) in [5, 5.41) is 3.34. The molecule has 2 heterocycles. The Bertz CT molecular complexity index is 510. The van der Waals surface area contributed by atoms with E-state index < -0.39 is 10.0 Å². The van der Waals surface area contributed by atoms with Crippen molar-refractivity contribution in [3.05, 3.63) is 24.5 Å². The topological polar surface area (TPSA) is 62.3 Å². The maximum absolute atomic E-state index is 12.7. The van der Waals surface area contributed by atoms with Crippen molar-refractivity contribution in [2.45, 2.75) is 37.6 Å². The van der Waals surface area contributed by atoms with Gasteiger partial charge >= 0.3 is 0 Å². The van der Waals surface area contributed by atoms with E-state index in [1.54, 1.807) is 22.6 Å². The summed E-state index contributed by atoms with van der Waals surface area (Å²) < 4.78 is 27.0. The van der Waals surface area contributed by atoms with Crippen LogP contribution in [0.15, 0.2) is 29.4 Å². The highest BCUT2D eigenvalue weighted by atomic mass is 32.2. The Labute approximate surface area is 121 Å². The third kappa shape index (κ3) is 3.56. The van der Waals surface area contributed by atoms with Gasteiger partial charge in [-0.1, -0.05) is 0 Å². The molecule has 0 bridgehead atoms. The van der Waals surface area contributed by atoms with Gasteiger partial charge in [-0.3, -0.25) is 4.98 Å². The molecule has 1 saturated heterocycles. The van der Waals surface area contributed by atoms with Gasteiger partial charge in [-0.05, 0) is 57.8 Å². The summed E-state index contributed by atoms with van der Waals surface area (Å²) in [4.78, 5) is 4.20. The molecule has 20 heavy (non-hydrogen) atoms. The molecule has 1 atom stereocenters. The molecular formula is C14H23N3O2S. The second kappa shape index (κ2) is 6.65. The van der Waals surface area contributed by atoms with Gasteiger partial charge < -0.3 is 5.32 Å². The van der Waals surface area contributed by atoms with Crippen LogP contribution in [-0.2, 0) is 10.0 Å².